The van der Waals surface area contributed by atoms with E-state index in [2.05, 4.69) is 115 Å². The molecule has 256 valence electrons. The molecule has 10 aromatic rings. The third-order valence-electron chi connectivity index (χ3n) is 11.4. The average Bonchev–Trinajstić information content (AvgIpc) is 4.02. The van der Waals surface area contributed by atoms with E-state index >= 15 is 0 Å². The maximum Gasteiger partial charge on any atom is 0.227 e. The predicted molar refractivity (Wildman–Crippen MR) is 217 cm³/mol. The van der Waals surface area contributed by atoms with Crippen LogP contribution in [0.3, 0.4) is 0 Å². The number of nitrogens with zero attached hydrogens (tertiary/aromatic N) is 3. The number of fused-ring (bicyclic) bond motifs is 12. The largest absolute Gasteiger partial charge is 0.436 e. The van der Waals surface area contributed by atoms with Gasteiger partial charge in [-0.2, -0.15) is 0 Å². The van der Waals surface area contributed by atoms with Gasteiger partial charge in [-0.1, -0.05) is 115 Å². The maximum atomic E-state index is 6.24. The summed E-state index contributed by atoms with van der Waals surface area (Å²) in [6, 6.07) is 59.7. The number of aromatic nitrogens is 3. The smallest absolute Gasteiger partial charge is 0.227 e. The van der Waals surface area contributed by atoms with Crippen LogP contribution < -0.4 is 0 Å². The standard InChI is InChI=1S/C50H29N3O2/c1-4-14-39-35(11-1)36-12-2-5-15-40(36)50(39)41-16-6-3-13-37(41)38-23-21-30(28-42(38)50)43-24-22-31(29-51-43)32-25-33(48-52-44-17-7-9-19-46(44)54-48)27-34(26-32)49-53-45-18-8-10-20-47(45)55-49/h1-29H. The molecule has 0 saturated heterocycles. The summed E-state index contributed by atoms with van der Waals surface area (Å²) in [5.41, 5.74) is 18.7. The van der Waals surface area contributed by atoms with Crippen molar-refractivity contribution >= 4 is 22.2 Å². The summed E-state index contributed by atoms with van der Waals surface area (Å²) < 4.78 is 12.5. The molecule has 55 heavy (non-hydrogen) atoms. The number of rotatable bonds is 4. The normalized spacial score (nSPS) is 13.2. The summed E-state index contributed by atoms with van der Waals surface area (Å²) in [5.74, 6) is 1.07. The Kier molecular flexibility index (Phi) is 6.20. The van der Waals surface area contributed by atoms with Crippen LogP contribution in [0, 0.1) is 0 Å². The lowest BCUT2D eigenvalue weighted by molar-refractivity contribution is 0.617. The van der Waals surface area contributed by atoms with Crippen molar-refractivity contribution in [1.29, 1.82) is 0 Å². The zero-order valence-electron chi connectivity index (χ0n) is 29.4. The van der Waals surface area contributed by atoms with Gasteiger partial charge in [-0.3, -0.25) is 4.98 Å². The van der Waals surface area contributed by atoms with Crippen LogP contribution in [0.5, 0.6) is 0 Å². The minimum Gasteiger partial charge on any atom is -0.436 e. The van der Waals surface area contributed by atoms with Crippen molar-refractivity contribution in [2.45, 2.75) is 5.41 Å². The molecule has 0 aliphatic heterocycles. The molecule has 12 rings (SSSR count). The number of hydrogen-bond donors (Lipinski definition) is 0. The van der Waals surface area contributed by atoms with Gasteiger partial charge in [-0.15, -0.1) is 0 Å². The molecule has 0 unspecified atom stereocenters. The Morgan fingerprint density at radius 1 is 0.364 bits per heavy atom. The number of oxazole rings is 2. The van der Waals surface area contributed by atoms with Crippen molar-refractivity contribution in [1.82, 2.24) is 15.0 Å². The summed E-state index contributed by atoms with van der Waals surface area (Å²) in [5, 5.41) is 0. The van der Waals surface area contributed by atoms with Crippen LogP contribution in [0.25, 0.3) is 89.7 Å². The maximum absolute atomic E-state index is 6.24. The Bertz CT molecular complexity index is 2950. The number of hydrogen-bond acceptors (Lipinski definition) is 5. The van der Waals surface area contributed by atoms with Gasteiger partial charge in [0.15, 0.2) is 11.2 Å². The van der Waals surface area contributed by atoms with E-state index in [1.54, 1.807) is 0 Å². The Balaban J connectivity index is 0.987. The van der Waals surface area contributed by atoms with Gasteiger partial charge in [0.25, 0.3) is 0 Å². The summed E-state index contributed by atoms with van der Waals surface area (Å²) in [6.45, 7) is 0. The third kappa shape index (κ3) is 4.32. The lowest BCUT2D eigenvalue weighted by Crippen LogP contribution is -2.25. The molecule has 7 aromatic carbocycles. The van der Waals surface area contributed by atoms with Gasteiger partial charge in [0.05, 0.1) is 11.1 Å². The van der Waals surface area contributed by atoms with Gasteiger partial charge < -0.3 is 8.83 Å². The molecule has 0 radical (unpaired) electrons. The molecule has 0 bridgehead atoms. The van der Waals surface area contributed by atoms with Crippen LogP contribution in [0.1, 0.15) is 22.3 Å². The molecule has 2 aliphatic rings. The minimum absolute atomic E-state index is 0.402. The fraction of sp³-hybridized carbons (Fsp3) is 0.0200. The van der Waals surface area contributed by atoms with E-state index in [4.69, 9.17) is 23.8 Å². The topological polar surface area (TPSA) is 65.0 Å². The fourth-order valence-corrected chi connectivity index (χ4v) is 9.02. The summed E-state index contributed by atoms with van der Waals surface area (Å²) in [4.78, 5) is 14.7. The second kappa shape index (κ2) is 11.3. The molecule has 0 atom stereocenters. The lowest BCUT2D eigenvalue weighted by Gasteiger charge is -2.30. The number of pyridine rings is 1. The average molecular weight is 704 g/mol. The molecule has 0 amide bonds. The van der Waals surface area contributed by atoms with Gasteiger partial charge in [-0.05, 0) is 105 Å². The monoisotopic (exact) mass is 703 g/mol. The number of para-hydroxylation sites is 4. The first-order chi connectivity index (χ1) is 27.2. The van der Waals surface area contributed by atoms with Crippen LogP contribution >= 0.6 is 0 Å². The van der Waals surface area contributed by atoms with E-state index in [9.17, 15) is 0 Å². The van der Waals surface area contributed by atoms with Gasteiger partial charge in [0.2, 0.25) is 11.8 Å². The molecular formula is C50H29N3O2. The van der Waals surface area contributed by atoms with Crippen LogP contribution in [-0.2, 0) is 5.41 Å². The van der Waals surface area contributed by atoms with Crippen molar-refractivity contribution in [3.63, 3.8) is 0 Å². The van der Waals surface area contributed by atoms with E-state index in [0.29, 0.717) is 11.8 Å². The Labute approximate surface area is 316 Å². The molecule has 0 fully saturated rings. The molecule has 3 heterocycles. The minimum atomic E-state index is -0.402. The van der Waals surface area contributed by atoms with Crippen molar-refractivity contribution in [2.24, 2.45) is 0 Å². The zero-order chi connectivity index (χ0) is 36.1. The molecule has 5 nitrogen and oxygen atoms in total. The molecule has 5 heteroatoms. The van der Waals surface area contributed by atoms with Gasteiger partial charge in [0, 0.05) is 28.5 Å². The van der Waals surface area contributed by atoms with Gasteiger partial charge in [0.1, 0.15) is 11.0 Å². The molecule has 1 spiro atoms. The highest BCUT2D eigenvalue weighted by Crippen LogP contribution is 2.63. The van der Waals surface area contributed by atoms with Crippen LogP contribution in [-0.4, -0.2) is 15.0 Å². The van der Waals surface area contributed by atoms with E-state index in [0.717, 1.165) is 55.7 Å². The van der Waals surface area contributed by atoms with E-state index in [-0.39, 0.29) is 0 Å². The lowest BCUT2D eigenvalue weighted by atomic mass is 9.70. The van der Waals surface area contributed by atoms with E-state index < -0.39 is 5.41 Å². The highest BCUT2D eigenvalue weighted by Gasteiger charge is 2.51. The Morgan fingerprint density at radius 2 is 0.836 bits per heavy atom. The first-order valence-corrected chi connectivity index (χ1v) is 18.5. The molecule has 2 aliphatic carbocycles. The summed E-state index contributed by atoms with van der Waals surface area (Å²) in [7, 11) is 0. The van der Waals surface area contributed by atoms with Crippen LogP contribution in [0.4, 0.5) is 0 Å². The SMILES string of the molecule is c1ccc2c(c1)-c1ccccc1C21c2ccccc2-c2ccc(-c3ccc(-c4cc(-c5nc6ccccc6o5)cc(-c5nc6ccccc6o5)c4)cn3)cc21. The first kappa shape index (κ1) is 30.1. The molecule has 3 aromatic heterocycles. The molecule has 0 saturated carbocycles. The van der Waals surface area contributed by atoms with Crippen molar-refractivity contribution < 1.29 is 8.83 Å². The zero-order valence-corrected chi connectivity index (χ0v) is 29.4. The third-order valence-corrected chi connectivity index (χ3v) is 11.4. The van der Waals surface area contributed by atoms with Crippen molar-refractivity contribution in [3.8, 4) is 67.5 Å². The quantitative estimate of drug-likeness (QED) is 0.183. The molecule has 0 N–H and O–H groups in total. The molecular weight excluding hydrogens is 675 g/mol. The van der Waals surface area contributed by atoms with Gasteiger partial charge in [-0.25, -0.2) is 9.97 Å². The highest BCUT2D eigenvalue weighted by atomic mass is 16.4. The number of benzene rings is 7. The highest BCUT2D eigenvalue weighted by molar-refractivity contribution is 5.96. The van der Waals surface area contributed by atoms with E-state index in [1.165, 1.54) is 44.5 Å². The fourth-order valence-electron chi connectivity index (χ4n) is 9.02. The van der Waals surface area contributed by atoms with Gasteiger partial charge >= 0.3 is 0 Å². The van der Waals surface area contributed by atoms with Crippen LogP contribution in [0.2, 0.25) is 0 Å². The van der Waals surface area contributed by atoms with Crippen molar-refractivity contribution in [3.05, 3.63) is 198 Å². The second-order valence-corrected chi connectivity index (χ2v) is 14.4. The van der Waals surface area contributed by atoms with Crippen LogP contribution in [0.15, 0.2) is 185 Å². The first-order valence-electron chi connectivity index (χ1n) is 18.5. The van der Waals surface area contributed by atoms with E-state index in [1.807, 2.05) is 60.8 Å². The second-order valence-electron chi connectivity index (χ2n) is 14.4. The Morgan fingerprint density at radius 3 is 1.36 bits per heavy atom. The Hall–Kier alpha value is -7.37. The summed E-state index contributed by atoms with van der Waals surface area (Å²) in [6.07, 6.45) is 1.95. The predicted octanol–water partition coefficient (Wildman–Crippen LogP) is 12.4. The van der Waals surface area contributed by atoms with Crippen molar-refractivity contribution in [2.75, 3.05) is 0 Å². The summed E-state index contributed by atoms with van der Waals surface area (Å²) >= 11 is 0.